The van der Waals surface area contributed by atoms with Crippen LogP contribution in [0, 0.1) is 10.5 Å². The van der Waals surface area contributed by atoms with Gasteiger partial charge in [0.25, 0.3) is 0 Å². The summed E-state index contributed by atoms with van der Waals surface area (Å²) in [6.45, 7) is 1.96. The van der Waals surface area contributed by atoms with E-state index < -0.39 is 0 Å². The molecule has 0 bridgehead atoms. The number of carbonyl (C=O) groups excluding carboxylic acids is 1. The minimum absolute atomic E-state index is 0.189. The lowest BCUT2D eigenvalue weighted by atomic mass is 10.2. The van der Waals surface area contributed by atoms with Crippen LogP contribution in [-0.4, -0.2) is 5.91 Å². The van der Waals surface area contributed by atoms with Crippen LogP contribution >= 0.6 is 45.8 Å². The van der Waals surface area contributed by atoms with Gasteiger partial charge in [-0.2, -0.15) is 0 Å². The Hall–Kier alpha value is -1.04. The first-order chi connectivity index (χ1) is 9.95. The molecule has 0 unspecified atom stereocenters. The molecule has 1 N–H and O–H groups in total. The number of amides is 1. The van der Waals surface area contributed by atoms with Crippen LogP contribution in [-0.2, 0) is 4.79 Å². The van der Waals surface area contributed by atoms with Crippen molar-refractivity contribution in [2.24, 2.45) is 0 Å². The number of nitrogens with one attached hydrogen (secondary N) is 1. The Morgan fingerprint density at radius 1 is 1.14 bits per heavy atom. The van der Waals surface area contributed by atoms with Crippen molar-refractivity contribution < 1.29 is 4.79 Å². The zero-order valence-corrected chi connectivity index (χ0v) is 14.8. The fraction of sp³-hybridized carbons (Fsp3) is 0.0625. The molecule has 5 heteroatoms. The monoisotopic (exact) mass is 431 g/mol. The molecule has 0 saturated carbocycles. The molecular formula is C16H12Cl2INO. The molecule has 2 rings (SSSR count). The van der Waals surface area contributed by atoms with Crippen molar-refractivity contribution >= 4 is 63.5 Å². The van der Waals surface area contributed by atoms with Gasteiger partial charge >= 0.3 is 0 Å². The number of halogens is 3. The van der Waals surface area contributed by atoms with E-state index in [-0.39, 0.29) is 5.91 Å². The SMILES string of the molecule is Cc1cc(I)ccc1NC(=O)/C=C/c1ccc(Cl)c(Cl)c1. The van der Waals surface area contributed by atoms with E-state index in [1.54, 1.807) is 24.3 Å². The Labute approximate surface area is 147 Å². The number of anilines is 1. The Morgan fingerprint density at radius 2 is 1.90 bits per heavy atom. The number of benzene rings is 2. The molecular weight excluding hydrogens is 420 g/mol. The second-order valence-electron chi connectivity index (χ2n) is 4.46. The minimum atomic E-state index is -0.189. The van der Waals surface area contributed by atoms with Crippen LogP contribution in [0.25, 0.3) is 6.08 Å². The van der Waals surface area contributed by atoms with E-state index in [9.17, 15) is 4.79 Å². The van der Waals surface area contributed by atoms with Crippen molar-refractivity contribution in [3.63, 3.8) is 0 Å². The number of carbonyl (C=O) groups is 1. The highest BCUT2D eigenvalue weighted by molar-refractivity contribution is 14.1. The van der Waals surface area contributed by atoms with E-state index in [1.165, 1.54) is 6.08 Å². The van der Waals surface area contributed by atoms with E-state index in [0.29, 0.717) is 10.0 Å². The molecule has 0 saturated heterocycles. The molecule has 0 aliphatic heterocycles. The summed E-state index contributed by atoms with van der Waals surface area (Å²) in [7, 11) is 0. The first-order valence-corrected chi connectivity index (χ1v) is 7.99. The molecule has 0 spiro atoms. The van der Waals surface area contributed by atoms with Crippen LogP contribution in [0.5, 0.6) is 0 Å². The lowest BCUT2D eigenvalue weighted by molar-refractivity contribution is -0.111. The van der Waals surface area contributed by atoms with Crippen molar-refractivity contribution in [3.8, 4) is 0 Å². The van der Waals surface area contributed by atoms with E-state index in [4.69, 9.17) is 23.2 Å². The molecule has 108 valence electrons. The highest BCUT2D eigenvalue weighted by atomic mass is 127. The van der Waals surface area contributed by atoms with Gasteiger partial charge in [-0.3, -0.25) is 4.79 Å². The van der Waals surface area contributed by atoms with Crippen LogP contribution in [0.4, 0.5) is 5.69 Å². The van der Waals surface area contributed by atoms with Gasteiger partial charge in [0.1, 0.15) is 0 Å². The maximum absolute atomic E-state index is 11.9. The maximum atomic E-state index is 11.9. The fourth-order valence-corrected chi connectivity index (χ4v) is 2.68. The third-order valence-electron chi connectivity index (χ3n) is 2.82. The first-order valence-electron chi connectivity index (χ1n) is 6.16. The van der Waals surface area contributed by atoms with Crippen molar-refractivity contribution in [3.05, 3.63) is 67.2 Å². The predicted octanol–water partition coefficient (Wildman–Crippen LogP) is 5.56. The quantitative estimate of drug-likeness (QED) is 0.500. The lowest BCUT2D eigenvalue weighted by Crippen LogP contribution is -2.08. The average molecular weight is 432 g/mol. The van der Waals surface area contributed by atoms with E-state index in [1.807, 2.05) is 25.1 Å². The van der Waals surface area contributed by atoms with E-state index >= 15 is 0 Å². The predicted molar refractivity (Wildman–Crippen MR) is 98.0 cm³/mol. The van der Waals surface area contributed by atoms with E-state index in [0.717, 1.165) is 20.4 Å². The Kier molecular flexibility index (Phi) is 5.67. The third kappa shape index (κ3) is 4.73. The highest BCUT2D eigenvalue weighted by Crippen LogP contribution is 2.23. The summed E-state index contributed by atoms with van der Waals surface area (Å²) in [5, 5.41) is 3.80. The first kappa shape index (κ1) is 16.3. The van der Waals surface area contributed by atoms with Gasteiger partial charge in [-0.05, 0) is 77.0 Å². The van der Waals surface area contributed by atoms with Crippen molar-refractivity contribution in [2.45, 2.75) is 6.92 Å². The molecule has 2 nitrogen and oxygen atoms in total. The molecule has 0 aliphatic carbocycles. The molecule has 0 aliphatic rings. The highest BCUT2D eigenvalue weighted by Gasteiger charge is 2.02. The molecule has 1 amide bonds. The van der Waals surface area contributed by atoms with Gasteiger partial charge in [0.15, 0.2) is 0 Å². The second kappa shape index (κ2) is 7.29. The summed E-state index contributed by atoms with van der Waals surface area (Å²) >= 11 is 14.0. The van der Waals surface area contributed by atoms with Crippen molar-refractivity contribution in [2.75, 3.05) is 5.32 Å². The number of aryl methyl sites for hydroxylation is 1. The zero-order chi connectivity index (χ0) is 15.4. The van der Waals surface area contributed by atoms with Crippen LogP contribution in [0.2, 0.25) is 10.0 Å². The normalized spacial score (nSPS) is 10.9. The smallest absolute Gasteiger partial charge is 0.248 e. The number of hydrogen-bond donors (Lipinski definition) is 1. The summed E-state index contributed by atoms with van der Waals surface area (Å²) in [4.78, 5) is 11.9. The summed E-state index contributed by atoms with van der Waals surface area (Å²) < 4.78 is 1.13. The Balaban J connectivity index is 2.07. The fourth-order valence-electron chi connectivity index (χ4n) is 1.73. The Bertz CT molecular complexity index is 713. The van der Waals surface area contributed by atoms with Gasteiger partial charge in [0.05, 0.1) is 10.0 Å². The largest absolute Gasteiger partial charge is 0.322 e. The molecule has 0 fully saturated rings. The summed E-state index contributed by atoms with van der Waals surface area (Å²) in [5.74, 6) is -0.189. The molecule has 2 aromatic carbocycles. The van der Waals surface area contributed by atoms with Crippen LogP contribution in [0.15, 0.2) is 42.5 Å². The molecule has 0 radical (unpaired) electrons. The lowest BCUT2D eigenvalue weighted by Gasteiger charge is -2.06. The van der Waals surface area contributed by atoms with Crippen molar-refractivity contribution in [1.29, 1.82) is 0 Å². The van der Waals surface area contributed by atoms with Crippen molar-refractivity contribution in [1.82, 2.24) is 0 Å². The average Bonchev–Trinajstić information content (AvgIpc) is 2.43. The topological polar surface area (TPSA) is 29.1 Å². The summed E-state index contributed by atoms with van der Waals surface area (Å²) in [6.07, 6.45) is 3.16. The summed E-state index contributed by atoms with van der Waals surface area (Å²) in [5.41, 5.74) is 2.65. The number of hydrogen-bond acceptors (Lipinski definition) is 1. The Morgan fingerprint density at radius 3 is 2.57 bits per heavy atom. The molecule has 2 aromatic rings. The minimum Gasteiger partial charge on any atom is -0.322 e. The van der Waals surface area contributed by atoms with Crippen LogP contribution in [0.1, 0.15) is 11.1 Å². The summed E-state index contributed by atoms with van der Waals surface area (Å²) in [6, 6.07) is 11.1. The van der Waals surface area contributed by atoms with Gasteiger partial charge in [-0.1, -0.05) is 29.3 Å². The van der Waals surface area contributed by atoms with Gasteiger partial charge in [0.2, 0.25) is 5.91 Å². The van der Waals surface area contributed by atoms with Gasteiger partial charge < -0.3 is 5.32 Å². The van der Waals surface area contributed by atoms with E-state index in [2.05, 4.69) is 27.9 Å². The molecule has 21 heavy (non-hydrogen) atoms. The van der Waals surface area contributed by atoms with Gasteiger partial charge in [-0.25, -0.2) is 0 Å². The van der Waals surface area contributed by atoms with Gasteiger partial charge in [-0.15, -0.1) is 0 Å². The standard InChI is InChI=1S/C16H12Cl2INO/c1-10-8-12(19)4-6-15(10)20-16(21)7-3-11-2-5-13(17)14(18)9-11/h2-9H,1H3,(H,20,21)/b7-3+. The van der Waals surface area contributed by atoms with Gasteiger partial charge in [0, 0.05) is 15.3 Å². The molecule has 0 aromatic heterocycles. The van der Waals surface area contributed by atoms with Crippen LogP contribution < -0.4 is 5.32 Å². The zero-order valence-electron chi connectivity index (χ0n) is 11.2. The third-order valence-corrected chi connectivity index (χ3v) is 4.23. The molecule has 0 heterocycles. The molecule has 0 atom stereocenters. The van der Waals surface area contributed by atoms with Crippen LogP contribution in [0.3, 0.4) is 0 Å². The second-order valence-corrected chi connectivity index (χ2v) is 6.52. The maximum Gasteiger partial charge on any atom is 0.248 e. The number of rotatable bonds is 3.